The van der Waals surface area contributed by atoms with Crippen LogP contribution in [-0.2, 0) is 14.6 Å². The SMILES string of the molecule is CC(CC(C)(C)[O])O[C]=O. The van der Waals surface area contributed by atoms with E-state index in [1.807, 2.05) is 0 Å². The summed E-state index contributed by atoms with van der Waals surface area (Å²) in [5.41, 5.74) is -1.03. The lowest BCUT2D eigenvalue weighted by atomic mass is 10.0. The van der Waals surface area contributed by atoms with E-state index in [0.29, 0.717) is 6.42 Å². The Bertz CT molecular complexity index is 104. The van der Waals surface area contributed by atoms with Crippen molar-refractivity contribution in [2.45, 2.75) is 38.9 Å². The maximum Gasteiger partial charge on any atom is 0.417 e. The van der Waals surface area contributed by atoms with Crippen LogP contribution in [0, 0.1) is 0 Å². The van der Waals surface area contributed by atoms with Crippen LogP contribution >= 0.6 is 0 Å². The highest BCUT2D eigenvalue weighted by Gasteiger charge is 2.19. The van der Waals surface area contributed by atoms with E-state index in [2.05, 4.69) is 4.74 Å². The minimum atomic E-state index is -1.03. The van der Waals surface area contributed by atoms with Gasteiger partial charge in [0.25, 0.3) is 0 Å². The van der Waals surface area contributed by atoms with Crippen molar-refractivity contribution in [1.29, 1.82) is 0 Å². The van der Waals surface area contributed by atoms with Crippen LogP contribution in [0.4, 0.5) is 0 Å². The number of carbonyl (C=O) groups excluding carboxylic acids is 1. The van der Waals surface area contributed by atoms with Crippen molar-refractivity contribution in [2.24, 2.45) is 0 Å². The van der Waals surface area contributed by atoms with Crippen molar-refractivity contribution in [2.75, 3.05) is 0 Å². The van der Waals surface area contributed by atoms with Crippen LogP contribution in [0.15, 0.2) is 0 Å². The molecule has 0 fully saturated rings. The Hall–Kier alpha value is -0.570. The van der Waals surface area contributed by atoms with Crippen molar-refractivity contribution >= 4 is 6.47 Å². The summed E-state index contributed by atoms with van der Waals surface area (Å²) in [5.74, 6) is 0. The van der Waals surface area contributed by atoms with E-state index in [1.54, 1.807) is 20.8 Å². The predicted octanol–water partition coefficient (Wildman–Crippen LogP) is 1.06. The van der Waals surface area contributed by atoms with Crippen LogP contribution in [0.2, 0.25) is 0 Å². The van der Waals surface area contributed by atoms with Crippen LogP contribution in [0.3, 0.4) is 0 Å². The molecule has 58 valence electrons. The lowest BCUT2D eigenvalue weighted by Gasteiger charge is -2.17. The van der Waals surface area contributed by atoms with E-state index in [1.165, 1.54) is 6.47 Å². The summed E-state index contributed by atoms with van der Waals surface area (Å²) >= 11 is 0. The zero-order valence-electron chi connectivity index (χ0n) is 6.51. The molecule has 0 bridgehead atoms. The largest absolute Gasteiger partial charge is 0.454 e. The molecule has 0 saturated carbocycles. The van der Waals surface area contributed by atoms with Crippen molar-refractivity contribution in [3.05, 3.63) is 0 Å². The van der Waals surface area contributed by atoms with Crippen LogP contribution < -0.4 is 0 Å². The third-order valence-corrected chi connectivity index (χ3v) is 1.03. The second-order valence-corrected chi connectivity index (χ2v) is 2.98. The van der Waals surface area contributed by atoms with Gasteiger partial charge in [0.1, 0.15) is 11.7 Å². The summed E-state index contributed by atoms with van der Waals surface area (Å²) in [4.78, 5) is 9.65. The summed E-state index contributed by atoms with van der Waals surface area (Å²) in [6.45, 7) is 6.08. The van der Waals surface area contributed by atoms with E-state index in [9.17, 15) is 9.90 Å². The Labute approximate surface area is 61.0 Å². The third kappa shape index (κ3) is 5.56. The van der Waals surface area contributed by atoms with Crippen molar-refractivity contribution in [3.8, 4) is 0 Å². The predicted molar refractivity (Wildman–Crippen MR) is 35.6 cm³/mol. The lowest BCUT2D eigenvalue weighted by molar-refractivity contribution is -0.0294. The van der Waals surface area contributed by atoms with Crippen LogP contribution in [0.25, 0.3) is 0 Å². The zero-order valence-corrected chi connectivity index (χ0v) is 6.51. The molecule has 1 unspecified atom stereocenters. The fourth-order valence-electron chi connectivity index (χ4n) is 0.816. The van der Waals surface area contributed by atoms with Crippen LogP contribution in [0.5, 0.6) is 0 Å². The topological polar surface area (TPSA) is 46.2 Å². The Kier molecular flexibility index (Phi) is 3.36. The highest BCUT2D eigenvalue weighted by atomic mass is 16.5. The normalized spacial score (nSPS) is 14.4. The zero-order chi connectivity index (χ0) is 8.20. The van der Waals surface area contributed by atoms with E-state index in [4.69, 9.17) is 0 Å². The molecule has 0 spiro atoms. The molecule has 2 radical (unpaired) electrons. The average Bonchev–Trinajstić information content (AvgIpc) is 1.59. The van der Waals surface area contributed by atoms with Gasteiger partial charge in [-0.3, -0.25) is 0 Å². The molecule has 0 aliphatic carbocycles. The molecular formula is C7H12O3. The van der Waals surface area contributed by atoms with Crippen LogP contribution in [-0.4, -0.2) is 18.2 Å². The first-order valence-electron chi connectivity index (χ1n) is 3.19. The van der Waals surface area contributed by atoms with Gasteiger partial charge in [-0.05, 0) is 20.8 Å². The van der Waals surface area contributed by atoms with Gasteiger partial charge in [0.2, 0.25) is 0 Å². The average molecular weight is 144 g/mol. The molecule has 3 heteroatoms. The number of hydrogen-bond acceptors (Lipinski definition) is 2. The van der Waals surface area contributed by atoms with Gasteiger partial charge in [-0.2, -0.15) is 0 Å². The molecule has 0 heterocycles. The molecule has 0 aromatic heterocycles. The Morgan fingerprint density at radius 1 is 1.60 bits per heavy atom. The molecule has 3 nitrogen and oxygen atoms in total. The van der Waals surface area contributed by atoms with E-state index >= 15 is 0 Å². The molecule has 0 rings (SSSR count). The molecule has 0 amide bonds. The molecular weight excluding hydrogens is 132 g/mol. The van der Waals surface area contributed by atoms with E-state index in [0.717, 1.165) is 0 Å². The fourth-order valence-corrected chi connectivity index (χ4v) is 0.816. The van der Waals surface area contributed by atoms with Gasteiger partial charge in [-0.1, -0.05) is 0 Å². The molecule has 1 atom stereocenters. The molecule has 0 aromatic rings. The Morgan fingerprint density at radius 3 is 2.40 bits per heavy atom. The van der Waals surface area contributed by atoms with Crippen molar-refractivity contribution < 1.29 is 14.6 Å². The van der Waals surface area contributed by atoms with Gasteiger partial charge >= 0.3 is 6.47 Å². The van der Waals surface area contributed by atoms with Crippen molar-refractivity contribution in [3.63, 3.8) is 0 Å². The minimum absolute atomic E-state index is 0.322. The first kappa shape index (κ1) is 9.43. The maximum absolute atomic E-state index is 11.0. The van der Waals surface area contributed by atoms with Gasteiger partial charge in [0.05, 0.1) is 0 Å². The molecule has 10 heavy (non-hydrogen) atoms. The quantitative estimate of drug-likeness (QED) is 0.592. The minimum Gasteiger partial charge on any atom is -0.454 e. The molecule has 0 aliphatic heterocycles. The van der Waals surface area contributed by atoms with Gasteiger partial charge < -0.3 is 4.74 Å². The first-order valence-corrected chi connectivity index (χ1v) is 3.19. The molecule has 0 saturated heterocycles. The second kappa shape index (κ2) is 3.56. The number of ether oxygens (including phenoxy) is 1. The summed E-state index contributed by atoms with van der Waals surface area (Å²) in [6.07, 6.45) is -0.00704. The lowest BCUT2D eigenvalue weighted by Crippen LogP contribution is -2.24. The Balaban J connectivity index is 3.56. The van der Waals surface area contributed by atoms with Gasteiger partial charge in [-0.25, -0.2) is 9.90 Å². The monoisotopic (exact) mass is 144 g/mol. The highest BCUT2D eigenvalue weighted by Crippen LogP contribution is 2.12. The van der Waals surface area contributed by atoms with Gasteiger partial charge in [-0.15, -0.1) is 0 Å². The van der Waals surface area contributed by atoms with Gasteiger partial charge in [0.15, 0.2) is 0 Å². The van der Waals surface area contributed by atoms with Gasteiger partial charge in [0, 0.05) is 6.42 Å². The second-order valence-electron chi connectivity index (χ2n) is 2.98. The summed E-state index contributed by atoms with van der Waals surface area (Å²) in [5, 5.41) is 11.0. The first-order chi connectivity index (χ1) is 4.45. The fraction of sp³-hybridized carbons (Fsp3) is 0.857. The van der Waals surface area contributed by atoms with Crippen molar-refractivity contribution in [1.82, 2.24) is 0 Å². The summed E-state index contributed by atoms with van der Waals surface area (Å²) in [7, 11) is 0. The molecule has 0 aliphatic rings. The molecule has 0 aromatic carbocycles. The maximum atomic E-state index is 11.0. The highest BCUT2D eigenvalue weighted by molar-refractivity contribution is 5.38. The third-order valence-electron chi connectivity index (χ3n) is 1.03. The Morgan fingerprint density at radius 2 is 2.10 bits per heavy atom. The summed E-state index contributed by atoms with van der Waals surface area (Å²) < 4.78 is 4.41. The number of hydrogen-bond donors (Lipinski definition) is 0. The smallest absolute Gasteiger partial charge is 0.417 e. The van der Waals surface area contributed by atoms with Crippen LogP contribution in [0.1, 0.15) is 27.2 Å². The van der Waals surface area contributed by atoms with E-state index < -0.39 is 5.60 Å². The standard InChI is InChI=1S/C7H12O3/c1-6(10-5-8)4-7(2,3)9/h6H,4H2,1-3H3. The summed E-state index contributed by atoms with van der Waals surface area (Å²) in [6, 6.07) is 0. The van der Waals surface area contributed by atoms with E-state index in [-0.39, 0.29) is 6.10 Å². The molecule has 0 N–H and O–H groups in total. The number of rotatable bonds is 4.